The van der Waals surface area contributed by atoms with Gasteiger partial charge in [0, 0.05) is 34.0 Å². The van der Waals surface area contributed by atoms with Crippen LogP contribution in [0.2, 0.25) is 0 Å². The Morgan fingerprint density at radius 1 is 1.35 bits per heavy atom. The average molecular weight is 456 g/mol. The van der Waals surface area contributed by atoms with Crippen LogP contribution in [0.4, 0.5) is 0 Å². The van der Waals surface area contributed by atoms with Crippen LogP contribution in [0.5, 0.6) is 0 Å². The molecule has 3 heterocycles. The molecule has 2 aromatic heterocycles. The number of halogens is 1. The quantitative estimate of drug-likeness (QED) is 0.454. The Labute approximate surface area is 164 Å². The number of rotatable bonds is 3. The van der Waals surface area contributed by atoms with Gasteiger partial charge in [-0.05, 0) is 52.4 Å². The number of nitrogens with two attached hydrogens (primary N) is 1. The van der Waals surface area contributed by atoms with E-state index in [2.05, 4.69) is 25.9 Å². The van der Waals surface area contributed by atoms with Crippen molar-refractivity contribution in [2.24, 2.45) is 5.73 Å². The number of carbonyl (C=O) groups excluding carboxylic acids is 1. The number of amides is 1. The molecule has 4 rings (SSSR count). The third-order valence-electron chi connectivity index (χ3n) is 4.84. The summed E-state index contributed by atoms with van der Waals surface area (Å²) in [5, 5.41) is 3.66. The lowest BCUT2D eigenvalue weighted by atomic mass is 9.92. The van der Waals surface area contributed by atoms with Crippen molar-refractivity contribution in [1.82, 2.24) is 9.97 Å². The number of hydrogen-bond donors (Lipinski definition) is 4. The standard InChI is InChI=1S/C17H18BrN3O3S2/c18-14-8-25-17(21-14)10-5-11-13(9-1-3-26(23,24)4-2-9)7-20-15(11)12(6-10)16(19)22/h5-9,20,23-24H,1-4H2,(H2,19,22). The zero-order chi connectivity index (χ0) is 18.5. The zero-order valence-electron chi connectivity index (χ0n) is 13.7. The van der Waals surface area contributed by atoms with Crippen molar-refractivity contribution in [1.29, 1.82) is 0 Å². The molecule has 0 bridgehead atoms. The van der Waals surface area contributed by atoms with Crippen molar-refractivity contribution in [2.45, 2.75) is 18.8 Å². The van der Waals surface area contributed by atoms with Gasteiger partial charge < -0.3 is 10.7 Å². The second-order valence-electron chi connectivity index (χ2n) is 6.51. The molecule has 0 unspecified atom stereocenters. The second-order valence-corrected chi connectivity index (χ2v) is 10.6. The molecule has 1 fully saturated rings. The third-order valence-corrected chi connectivity index (χ3v) is 8.22. The normalized spacial score (nSPS) is 18.9. The maximum atomic E-state index is 12.0. The van der Waals surface area contributed by atoms with Gasteiger partial charge >= 0.3 is 0 Å². The van der Waals surface area contributed by atoms with E-state index in [1.807, 2.05) is 17.6 Å². The Morgan fingerprint density at radius 2 is 2.08 bits per heavy atom. The number of H-pyrrole nitrogens is 1. The highest BCUT2D eigenvalue weighted by Crippen LogP contribution is 2.49. The molecule has 0 radical (unpaired) electrons. The summed E-state index contributed by atoms with van der Waals surface area (Å²) in [6.45, 7) is 0. The van der Waals surface area contributed by atoms with Crippen LogP contribution < -0.4 is 5.73 Å². The van der Waals surface area contributed by atoms with Gasteiger partial charge in [0.25, 0.3) is 5.91 Å². The molecule has 3 aromatic rings. The fourth-order valence-electron chi connectivity index (χ4n) is 3.51. The first-order valence-electron chi connectivity index (χ1n) is 8.14. The average Bonchev–Trinajstić information content (AvgIpc) is 3.20. The molecule has 0 saturated carbocycles. The van der Waals surface area contributed by atoms with Crippen LogP contribution in [0.15, 0.2) is 28.3 Å². The third kappa shape index (κ3) is 3.29. The summed E-state index contributed by atoms with van der Waals surface area (Å²) in [6, 6.07) is 3.80. The Hall–Kier alpha value is -1.39. The van der Waals surface area contributed by atoms with Crippen molar-refractivity contribution in [2.75, 3.05) is 11.5 Å². The van der Waals surface area contributed by atoms with E-state index >= 15 is 0 Å². The molecule has 0 aliphatic carbocycles. The highest BCUT2D eigenvalue weighted by atomic mass is 79.9. The second kappa shape index (κ2) is 6.65. The Kier molecular flexibility index (Phi) is 4.60. The summed E-state index contributed by atoms with van der Waals surface area (Å²) in [7, 11) is -2.43. The smallest absolute Gasteiger partial charge is 0.250 e. The summed E-state index contributed by atoms with van der Waals surface area (Å²) in [5.41, 5.74) is 8.72. The number of fused-ring (bicyclic) bond motifs is 1. The van der Waals surface area contributed by atoms with E-state index in [0.29, 0.717) is 29.9 Å². The number of hydrogen-bond acceptors (Lipinski definition) is 5. The topological polar surface area (TPSA) is 112 Å². The number of nitrogens with one attached hydrogen (secondary N) is 1. The minimum atomic E-state index is -2.43. The lowest BCUT2D eigenvalue weighted by molar-refractivity contribution is 0.100. The van der Waals surface area contributed by atoms with Gasteiger partial charge in [0.05, 0.1) is 11.1 Å². The van der Waals surface area contributed by atoms with Crippen LogP contribution in [-0.2, 0) is 0 Å². The van der Waals surface area contributed by atoms with Gasteiger partial charge in [-0.3, -0.25) is 13.9 Å². The van der Waals surface area contributed by atoms with Crippen LogP contribution >= 0.6 is 37.9 Å². The maximum Gasteiger partial charge on any atom is 0.250 e. The van der Waals surface area contributed by atoms with E-state index in [4.69, 9.17) is 5.73 Å². The Balaban J connectivity index is 1.83. The number of benzene rings is 1. The van der Waals surface area contributed by atoms with E-state index in [-0.39, 0.29) is 5.92 Å². The van der Waals surface area contributed by atoms with E-state index in [1.165, 1.54) is 11.3 Å². The SMILES string of the molecule is NC(=O)c1cc(-c2nc(Br)cs2)cc2c(C3CCS(O)(O)CC3)c[nH]c12. The van der Waals surface area contributed by atoms with E-state index in [0.717, 1.165) is 31.6 Å². The molecular weight excluding hydrogens is 438 g/mol. The molecule has 1 aromatic carbocycles. The molecule has 1 amide bonds. The summed E-state index contributed by atoms with van der Waals surface area (Å²) in [5.74, 6) is 0.583. The number of nitrogens with zero attached hydrogens (tertiary/aromatic N) is 1. The van der Waals surface area contributed by atoms with Gasteiger partial charge in [-0.2, -0.15) is 10.6 Å². The molecule has 1 aliphatic heterocycles. The number of carbonyl (C=O) groups is 1. The molecular formula is C17H18BrN3O3S2. The lowest BCUT2D eigenvalue weighted by Crippen LogP contribution is -2.19. The molecule has 26 heavy (non-hydrogen) atoms. The van der Waals surface area contributed by atoms with Gasteiger partial charge in [0.2, 0.25) is 0 Å². The summed E-state index contributed by atoms with van der Waals surface area (Å²) in [6.07, 6.45) is 3.35. The number of primary amides is 1. The van der Waals surface area contributed by atoms with E-state index in [9.17, 15) is 13.9 Å². The largest absolute Gasteiger partial charge is 0.366 e. The summed E-state index contributed by atoms with van der Waals surface area (Å²) in [4.78, 5) is 19.6. The Morgan fingerprint density at radius 3 is 2.69 bits per heavy atom. The van der Waals surface area contributed by atoms with Crippen molar-refractivity contribution in [3.8, 4) is 10.6 Å². The van der Waals surface area contributed by atoms with Crippen LogP contribution in [0.25, 0.3) is 21.5 Å². The van der Waals surface area contributed by atoms with Crippen LogP contribution in [-0.4, -0.2) is 36.5 Å². The van der Waals surface area contributed by atoms with Crippen LogP contribution in [0.1, 0.15) is 34.7 Å². The highest BCUT2D eigenvalue weighted by molar-refractivity contribution is 9.10. The highest BCUT2D eigenvalue weighted by Gasteiger charge is 2.27. The predicted octanol–water partition coefficient (Wildman–Crippen LogP) is 4.78. The van der Waals surface area contributed by atoms with Crippen molar-refractivity contribution in [3.63, 3.8) is 0 Å². The van der Waals surface area contributed by atoms with Crippen LogP contribution in [0, 0.1) is 0 Å². The van der Waals surface area contributed by atoms with Crippen LogP contribution in [0.3, 0.4) is 0 Å². The molecule has 1 saturated heterocycles. The van der Waals surface area contributed by atoms with Gasteiger partial charge in [-0.1, -0.05) is 0 Å². The predicted molar refractivity (Wildman–Crippen MR) is 110 cm³/mol. The zero-order valence-corrected chi connectivity index (χ0v) is 17.0. The summed E-state index contributed by atoms with van der Waals surface area (Å²) < 4.78 is 20.5. The minimum Gasteiger partial charge on any atom is -0.366 e. The maximum absolute atomic E-state index is 12.0. The first kappa shape index (κ1) is 18.0. The molecule has 0 spiro atoms. The first-order valence-corrected chi connectivity index (χ1v) is 11.7. The lowest BCUT2D eigenvalue weighted by Gasteiger charge is -2.39. The van der Waals surface area contributed by atoms with Crippen molar-refractivity contribution in [3.05, 3.63) is 39.4 Å². The molecule has 6 nitrogen and oxygen atoms in total. The molecule has 9 heteroatoms. The fraction of sp³-hybridized carbons (Fsp3) is 0.294. The molecule has 1 aliphatic rings. The van der Waals surface area contributed by atoms with Gasteiger partial charge in [0.15, 0.2) is 0 Å². The Bertz CT molecular complexity index is 988. The minimum absolute atomic E-state index is 0.225. The van der Waals surface area contributed by atoms with E-state index in [1.54, 1.807) is 6.07 Å². The number of aromatic nitrogens is 2. The van der Waals surface area contributed by atoms with Gasteiger partial charge in [-0.15, -0.1) is 11.3 Å². The monoisotopic (exact) mass is 455 g/mol. The fourth-order valence-corrected chi connectivity index (χ4v) is 6.28. The van der Waals surface area contributed by atoms with Crippen molar-refractivity contribution >= 4 is 54.7 Å². The van der Waals surface area contributed by atoms with Crippen molar-refractivity contribution < 1.29 is 13.9 Å². The molecule has 0 atom stereocenters. The molecule has 138 valence electrons. The first-order chi connectivity index (χ1) is 12.3. The van der Waals surface area contributed by atoms with E-state index < -0.39 is 16.5 Å². The number of thiazole rings is 1. The van der Waals surface area contributed by atoms with Gasteiger partial charge in [0.1, 0.15) is 9.61 Å². The van der Waals surface area contributed by atoms with Gasteiger partial charge in [-0.25, -0.2) is 4.98 Å². The molecule has 5 N–H and O–H groups in total. The summed E-state index contributed by atoms with van der Waals surface area (Å²) >= 11 is 4.86. The number of aromatic amines is 1.